The third kappa shape index (κ3) is 2.59. The largest absolute Gasteiger partial charge is 0.383 e. The van der Waals surface area contributed by atoms with Gasteiger partial charge in [0.1, 0.15) is 18.0 Å². The number of amides is 1. The van der Waals surface area contributed by atoms with Crippen LogP contribution in [0.4, 0.5) is 17.3 Å². The molecular weight excluding hydrogens is 328 g/mol. The minimum Gasteiger partial charge on any atom is -0.383 e. The Morgan fingerprint density at radius 3 is 2.69 bits per heavy atom. The zero-order valence-corrected chi connectivity index (χ0v) is 15.4. The molecule has 7 nitrogen and oxygen atoms in total. The Bertz CT molecular complexity index is 886. The number of carbonyl (C=O) groups is 1. The highest BCUT2D eigenvalue weighted by Gasteiger charge is 2.45. The molecule has 0 radical (unpaired) electrons. The molecule has 2 aromatic rings. The van der Waals surface area contributed by atoms with Gasteiger partial charge in [0, 0.05) is 29.9 Å². The van der Waals surface area contributed by atoms with Gasteiger partial charge in [-0.05, 0) is 57.0 Å². The van der Waals surface area contributed by atoms with Crippen LogP contribution in [0.2, 0.25) is 0 Å². The number of aryl methyl sites for hydroxylation is 1. The smallest absolute Gasteiger partial charge is 0.252 e. The van der Waals surface area contributed by atoms with E-state index in [0.717, 1.165) is 53.9 Å². The van der Waals surface area contributed by atoms with Crippen LogP contribution in [0.1, 0.15) is 39.9 Å². The van der Waals surface area contributed by atoms with Crippen LogP contribution < -0.4 is 16.4 Å². The van der Waals surface area contributed by atoms with Crippen LogP contribution in [-0.2, 0) is 5.54 Å². The molecule has 0 saturated carbocycles. The number of benzene rings is 1. The maximum Gasteiger partial charge on any atom is 0.252 e. The Kier molecular flexibility index (Phi) is 3.84. The van der Waals surface area contributed by atoms with E-state index in [-0.39, 0.29) is 11.4 Å². The number of hydrogen-bond acceptors (Lipinski definition) is 6. The quantitative estimate of drug-likeness (QED) is 0.766. The van der Waals surface area contributed by atoms with Crippen LogP contribution >= 0.6 is 0 Å². The second-order valence-corrected chi connectivity index (χ2v) is 7.41. The second-order valence-electron chi connectivity index (χ2n) is 7.41. The molecule has 2 aliphatic heterocycles. The Balaban J connectivity index is 1.75. The number of nitrogen functional groups attached to an aromatic ring is 1. The molecule has 2 aliphatic rings. The van der Waals surface area contributed by atoms with Crippen LogP contribution in [0.25, 0.3) is 0 Å². The monoisotopic (exact) mass is 352 g/mol. The second kappa shape index (κ2) is 5.95. The lowest BCUT2D eigenvalue weighted by molar-refractivity contribution is 0.0880. The number of hydrogen-bond donors (Lipinski definition) is 3. The molecule has 0 unspecified atom stereocenters. The van der Waals surface area contributed by atoms with E-state index < -0.39 is 0 Å². The van der Waals surface area contributed by atoms with Crippen molar-refractivity contribution in [3.8, 4) is 0 Å². The van der Waals surface area contributed by atoms with E-state index in [1.165, 1.54) is 6.33 Å². The molecule has 3 heterocycles. The average molecular weight is 352 g/mol. The Morgan fingerprint density at radius 2 is 1.96 bits per heavy atom. The first-order chi connectivity index (χ1) is 12.4. The summed E-state index contributed by atoms with van der Waals surface area (Å²) in [4.78, 5) is 23.2. The number of piperidine rings is 1. The minimum absolute atomic E-state index is 0.0380. The van der Waals surface area contributed by atoms with E-state index >= 15 is 0 Å². The number of nitrogens with two attached hydrogens (primary N) is 1. The number of fused-ring (bicyclic) bond motifs is 2. The normalized spacial score (nSPS) is 18.7. The van der Waals surface area contributed by atoms with Gasteiger partial charge in [0.15, 0.2) is 0 Å². The molecule has 1 saturated heterocycles. The summed E-state index contributed by atoms with van der Waals surface area (Å²) >= 11 is 0. The number of anilines is 3. The number of aromatic nitrogens is 2. The van der Waals surface area contributed by atoms with Crippen molar-refractivity contribution in [2.24, 2.45) is 0 Å². The SMILES string of the molecule is Cc1cc(Nc2ncnc(N)c2C)cc2c1C(=O)NC21CCN(C)CC1. The lowest BCUT2D eigenvalue weighted by Gasteiger charge is -2.38. The average Bonchev–Trinajstić information content (AvgIpc) is 2.87. The van der Waals surface area contributed by atoms with Crippen molar-refractivity contribution in [1.29, 1.82) is 0 Å². The van der Waals surface area contributed by atoms with E-state index in [2.05, 4.69) is 38.6 Å². The van der Waals surface area contributed by atoms with Crippen LogP contribution in [0.15, 0.2) is 18.5 Å². The molecule has 1 aromatic carbocycles. The van der Waals surface area contributed by atoms with Crippen LogP contribution in [-0.4, -0.2) is 40.9 Å². The van der Waals surface area contributed by atoms with E-state index in [1.807, 2.05) is 19.9 Å². The van der Waals surface area contributed by atoms with Crippen LogP contribution in [0.5, 0.6) is 0 Å². The first-order valence-corrected chi connectivity index (χ1v) is 8.90. The summed E-state index contributed by atoms with van der Waals surface area (Å²) in [7, 11) is 2.12. The lowest BCUT2D eigenvalue weighted by atomic mass is 9.81. The van der Waals surface area contributed by atoms with Gasteiger partial charge in [-0.1, -0.05) is 0 Å². The van der Waals surface area contributed by atoms with E-state index in [0.29, 0.717) is 11.6 Å². The highest BCUT2D eigenvalue weighted by Crippen LogP contribution is 2.42. The summed E-state index contributed by atoms with van der Waals surface area (Å²) < 4.78 is 0. The Labute approximate surface area is 153 Å². The van der Waals surface area contributed by atoms with Gasteiger partial charge in [-0.25, -0.2) is 9.97 Å². The summed E-state index contributed by atoms with van der Waals surface area (Å²) in [6.45, 7) is 5.82. The third-order valence-electron chi connectivity index (χ3n) is 5.66. The van der Waals surface area contributed by atoms with Gasteiger partial charge >= 0.3 is 0 Å². The first kappa shape index (κ1) is 16.8. The molecule has 7 heteroatoms. The van der Waals surface area contributed by atoms with Gasteiger partial charge in [0.25, 0.3) is 5.91 Å². The van der Waals surface area contributed by atoms with Gasteiger partial charge < -0.3 is 21.3 Å². The highest BCUT2D eigenvalue weighted by molar-refractivity contribution is 6.02. The fourth-order valence-corrected chi connectivity index (χ4v) is 4.01. The molecule has 136 valence electrons. The zero-order chi connectivity index (χ0) is 18.5. The van der Waals surface area contributed by atoms with Gasteiger partial charge in [-0.2, -0.15) is 0 Å². The molecule has 0 atom stereocenters. The molecule has 4 N–H and O–H groups in total. The number of rotatable bonds is 2. The fraction of sp³-hybridized carbons (Fsp3) is 0.421. The lowest BCUT2D eigenvalue weighted by Crippen LogP contribution is -2.48. The molecule has 0 aliphatic carbocycles. The summed E-state index contributed by atoms with van der Waals surface area (Å²) in [6.07, 6.45) is 3.30. The molecule has 1 aromatic heterocycles. The number of carbonyl (C=O) groups excluding carboxylic acids is 1. The molecule has 0 bridgehead atoms. The zero-order valence-electron chi connectivity index (χ0n) is 15.4. The summed E-state index contributed by atoms with van der Waals surface area (Å²) in [5.41, 5.74) is 10.2. The standard InChI is InChI=1S/C19H24N6O/c1-11-8-13(23-17-12(2)16(20)21-10-22-17)9-14-15(11)18(26)24-19(14)4-6-25(3)7-5-19/h8-10H,4-7H2,1-3H3,(H,24,26)(H3,20,21,22,23). The van der Waals surface area contributed by atoms with Crippen molar-refractivity contribution in [3.63, 3.8) is 0 Å². The molecule has 4 rings (SSSR count). The predicted molar refractivity (Wildman–Crippen MR) is 102 cm³/mol. The minimum atomic E-state index is -0.263. The van der Waals surface area contributed by atoms with E-state index in [9.17, 15) is 4.79 Å². The van der Waals surface area contributed by atoms with Crippen molar-refractivity contribution in [3.05, 3.63) is 40.7 Å². The van der Waals surface area contributed by atoms with E-state index in [4.69, 9.17) is 5.73 Å². The Hall–Kier alpha value is -2.67. The van der Waals surface area contributed by atoms with E-state index in [1.54, 1.807) is 0 Å². The number of nitrogens with one attached hydrogen (secondary N) is 2. The van der Waals surface area contributed by atoms with Crippen molar-refractivity contribution >= 4 is 23.2 Å². The maximum atomic E-state index is 12.6. The highest BCUT2D eigenvalue weighted by atomic mass is 16.2. The molecule has 1 amide bonds. The summed E-state index contributed by atoms with van der Waals surface area (Å²) in [5.74, 6) is 1.19. The van der Waals surface area contributed by atoms with Crippen molar-refractivity contribution in [2.75, 3.05) is 31.2 Å². The van der Waals surface area contributed by atoms with Gasteiger partial charge in [-0.15, -0.1) is 0 Å². The van der Waals surface area contributed by atoms with Crippen molar-refractivity contribution in [2.45, 2.75) is 32.2 Å². The van der Waals surface area contributed by atoms with Gasteiger partial charge in [0.05, 0.1) is 5.54 Å². The third-order valence-corrected chi connectivity index (χ3v) is 5.66. The molecule has 1 spiro atoms. The fourth-order valence-electron chi connectivity index (χ4n) is 4.01. The van der Waals surface area contributed by atoms with Gasteiger partial charge in [-0.3, -0.25) is 4.79 Å². The topological polar surface area (TPSA) is 96.2 Å². The summed E-state index contributed by atoms with van der Waals surface area (Å²) in [6, 6.07) is 4.08. The molecule has 26 heavy (non-hydrogen) atoms. The van der Waals surface area contributed by atoms with Crippen LogP contribution in [0, 0.1) is 13.8 Å². The Morgan fingerprint density at radius 1 is 1.23 bits per heavy atom. The maximum absolute atomic E-state index is 12.6. The predicted octanol–water partition coefficient (Wildman–Crippen LogP) is 2.08. The van der Waals surface area contributed by atoms with Crippen molar-refractivity contribution < 1.29 is 4.79 Å². The van der Waals surface area contributed by atoms with Gasteiger partial charge in [0.2, 0.25) is 0 Å². The first-order valence-electron chi connectivity index (χ1n) is 8.90. The summed E-state index contributed by atoms with van der Waals surface area (Å²) in [5, 5.41) is 6.62. The van der Waals surface area contributed by atoms with Crippen molar-refractivity contribution in [1.82, 2.24) is 20.2 Å². The molecule has 1 fully saturated rings. The molecular formula is C19H24N6O. The van der Waals surface area contributed by atoms with Crippen LogP contribution in [0.3, 0.4) is 0 Å². The number of likely N-dealkylation sites (tertiary alicyclic amines) is 1. The number of nitrogens with zero attached hydrogens (tertiary/aromatic N) is 3.